The summed E-state index contributed by atoms with van der Waals surface area (Å²) < 4.78 is 0. The summed E-state index contributed by atoms with van der Waals surface area (Å²) in [6, 6.07) is 0. The van der Waals surface area contributed by atoms with Gasteiger partial charge in [-0.3, -0.25) is 9.59 Å². The topological polar surface area (TPSA) is 74.6 Å². The third-order valence-corrected chi connectivity index (χ3v) is 10.6. The van der Waals surface area contributed by atoms with Crippen LogP contribution in [0.2, 0.25) is 0 Å². The first-order chi connectivity index (χ1) is 15.0. The molecule has 0 aromatic rings. The SMILES string of the molecule is CC(C)[C@@H](C)[C@H](O)[C@@H]1C[C@]23CC(=O)[C@]4(O)C(=C2CC[C@@H]3[C@@H]1C)C=CC1=CC(=O)CC[C@@]14C. The molecular formula is C28H38O4. The first-order valence-corrected chi connectivity index (χ1v) is 12.6. The number of aliphatic hydroxyl groups excluding tert-OH is 1. The molecule has 2 fully saturated rings. The molecular weight excluding hydrogens is 400 g/mol. The lowest BCUT2D eigenvalue weighted by Gasteiger charge is -2.54. The molecule has 174 valence electrons. The second kappa shape index (κ2) is 6.99. The molecule has 2 N–H and O–H groups in total. The van der Waals surface area contributed by atoms with E-state index in [0.29, 0.717) is 37.0 Å². The van der Waals surface area contributed by atoms with Crippen molar-refractivity contribution in [3.63, 3.8) is 0 Å². The Labute approximate surface area is 191 Å². The highest BCUT2D eigenvalue weighted by Crippen LogP contribution is 2.69. The van der Waals surface area contributed by atoms with E-state index in [-0.39, 0.29) is 34.9 Å². The van der Waals surface area contributed by atoms with Gasteiger partial charge >= 0.3 is 0 Å². The summed E-state index contributed by atoms with van der Waals surface area (Å²) in [6.45, 7) is 10.7. The Balaban J connectivity index is 1.62. The standard InChI is InChI=1S/C28H38O4/c1-15(2)16(3)25(31)20-13-27-14-24(30)28(32)23(22(27)9-8-21(27)17(20)4)7-6-18-12-19(29)10-11-26(18,28)5/h6-7,12,15-17,20-21,25,31-32H,8-11,13-14H2,1-5H3/t16-,17-,20-,21-,25+,26+,27-,28-/m1/s1. The van der Waals surface area contributed by atoms with E-state index in [0.717, 1.165) is 30.4 Å². The van der Waals surface area contributed by atoms with E-state index >= 15 is 0 Å². The minimum Gasteiger partial charge on any atom is -0.393 e. The molecule has 5 aliphatic carbocycles. The molecule has 2 saturated carbocycles. The molecule has 0 heterocycles. The number of hydrogen-bond acceptors (Lipinski definition) is 4. The average molecular weight is 439 g/mol. The van der Waals surface area contributed by atoms with Crippen LogP contribution in [0.5, 0.6) is 0 Å². The third-order valence-electron chi connectivity index (χ3n) is 10.6. The first kappa shape index (κ1) is 22.3. The number of carbonyl (C=O) groups excluding carboxylic acids is 2. The zero-order valence-corrected chi connectivity index (χ0v) is 20.1. The van der Waals surface area contributed by atoms with Crippen LogP contribution in [0.4, 0.5) is 0 Å². The number of fused-ring (bicyclic) bond motifs is 3. The maximum absolute atomic E-state index is 13.9. The summed E-state index contributed by atoms with van der Waals surface area (Å²) in [5, 5.41) is 23.4. The molecule has 0 aliphatic heterocycles. The van der Waals surface area contributed by atoms with Crippen LogP contribution < -0.4 is 0 Å². The molecule has 32 heavy (non-hydrogen) atoms. The Morgan fingerprint density at radius 1 is 1.12 bits per heavy atom. The maximum Gasteiger partial charge on any atom is 0.170 e. The van der Waals surface area contributed by atoms with E-state index in [1.807, 2.05) is 19.1 Å². The van der Waals surface area contributed by atoms with Crippen molar-refractivity contribution in [2.45, 2.75) is 84.8 Å². The van der Waals surface area contributed by atoms with Gasteiger partial charge in [0.1, 0.15) is 0 Å². The van der Waals surface area contributed by atoms with Gasteiger partial charge in [-0.1, -0.05) is 52.3 Å². The molecule has 0 aromatic carbocycles. The van der Waals surface area contributed by atoms with Crippen molar-refractivity contribution in [2.75, 3.05) is 0 Å². The summed E-state index contributed by atoms with van der Waals surface area (Å²) in [7, 11) is 0. The maximum atomic E-state index is 13.9. The zero-order valence-electron chi connectivity index (χ0n) is 20.1. The molecule has 5 aliphatic rings. The van der Waals surface area contributed by atoms with E-state index in [2.05, 4.69) is 27.7 Å². The molecule has 8 atom stereocenters. The van der Waals surface area contributed by atoms with Crippen LogP contribution in [-0.2, 0) is 9.59 Å². The molecule has 5 rings (SSSR count). The fourth-order valence-electron chi connectivity index (χ4n) is 8.25. The second-order valence-electron chi connectivity index (χ2n) is 12.1. The smallest absolute Gasteiger partial charge is 0.170 e. The van der Waals surface area contributed by atoms with Gasteiger partial charge in [0.2, 0.25) is 0 Å². The van der Waals surface area contributed by atoms with Gasteiger partial charge in [0.25, 0.3) is 0 Å². The highest BCUT2D eigenvalue weighted by molar-refractivity contribution is 5.99. The predicted molar refractivity (Wildman–Crippen MR) is 124 cm³/mol. The third kappa shape index (κ3) is 2.57. The number of aliphatic hydroxyl groups is 2. The largest absolute Gasteiger partial charge is 0.393 e. The Morgan fingerprint density at radius 2 is 1.84 bits per heavy atom. The molecule has 4 heteroatoms. The van der Waals surface area contributed by atoms with Crippen molar-refractivity contribution in [1.29, 1.82) is 0 Å². The number of rotatable bonds is 3. The van der Waals surface area contributed by atoms with Gasteiger partial charge in [0.15, 0.2) is 17.2 Å². The summed E-state index contributed by atoms with van der Waals surface area (Å²) in [5.41, 5.74) is 0.339. The lowest BCUT2D eigenvalue weighted by molar-refractivity contribution is -0.149. The molecule has 0 amide bonds. The van der Waals surface area contributed by atoms with Gasteiger partial charge in [-0.05, 0) is 72.5 Å². The highest BCUT2D eigenvalue weighted by atomic mass is 16.3. The number of allylic oxidation sites excluding steroid dienone is 3. The van der Waals surface area contributed by atoms with Crippen LogP contribution in [0.15, 0.2) is 34.9 Å². The van der Waals surface area contributed by atoms with Crippen LogP contribution in [-0.4, -0.2) is 33.5 Å². The summed E-state index contributed by atoms with van der Waals surface area (Å²) in [6.07, 6.45) is 9.18. The summed E-state index contributed by atoms with van der Waals surface area (Å²) in [5.74, 6) is 1.52. The van der Waals surface area contributed by atoms with Gasteiger partial charge in [0, 0.05) is 23.7 Å². The first-order valence-electron chi connectivity index (χ1n) is 12.6. The van der Waals surface area contributed by atoms with Crippen molar-refractivity contribution in [2.24, 2.45) is 40.4 Å². The summed E-state index contributed by atoms with van der Waals surface area (Å²) >= 11 is 0. The second-order valence-corrected chi connectivity index (χ2v) is 12.1. The monoisotopic (exact) mass is 438 g/mol. The molecule has 0 aromatic heterocycles. The number of Topliss-reactive ketones (excluding diaryl/α,β-unsaturated/α-hetero) is 1. The van der Waals surface area contributed by atoms with Gasteiger partial charge in [-0.15, -0.1) is 0 Å². The van der Waals surface area contributed by atoms with E-state index < -0.39 is 11.0 Å². The van der Waals surface area contributed by atoms with Crippen molar-refractivity contribution in [3.8, 4) is 0 Å². The van der Waals surface area contributed by atoms with E-state index in [1.54, 1.807) is 6.08 Å². The van der Waals surface area contributed by atoms with Crippen LogP contribution in [0.25, 0.3) is 0 Å². The molecule has 4 nitrogen and oxygen atoms in total. The predicted octanol–water partition coefficient (Wildman–Crippen LogP) is 4.56. The lowest BCUT2D eigenvalue weighted by Crippen LogP contribution is -2.60. The quantitative estimate of drug-likeness (QED) is 0.677. The van der Waals surface area contributed by atoms with E-state index in [4.69, 9.17) is 0 Å². The molecule has 0 unspecified atom stereocenters. The summed E-state index contributed by atoms with van der Waals surface area (Å²) in [4.78, 5) is 26.0. The van der Waals surface area contributed by atoms with Gasteiger partial charge in [0.05, 0.1) is 6.10 Å². The number of ketones is 2. The highest BCUT2D eigenvalue weighted by Gasteiger charge is 2.68. The average Bonchev–Trinajstić information content (AvgIpc) is 3.23. The van der Waals surface area contributed by atoms with Crippen molar-refractivity contribution in [1.82, 2.24) is 0 Å². The minimum atomic E-state index is -1.55. The fraction of sp³-hybridized carbons (Fsp3) is 0.714. The van der Waals surface area contributed by atoms with Gasteiger partial charge < -0.3 is 10.2 Å². The Hall–Kier alpha value is -1.52. The van der Waals surface area contributed by atoms with Gasteiger partial charge in [-0.25, -0.2) is 0 Å². The van der Waals surface area contributed by atoms with Crippen LogP contribution in [0.1, 0.15) is 73.1 Å². The van der Waals surface area contributed by atoms with Crippen molar-refractivity contribution in [3.05, 3.63) is 34.9 Å². The van der Waals surface area contributed by atoms with Crippen LogP contribution in [0, 0.1) is 40.4 Å². The Kier molecular flexibility index (Phi) is 4.87. The number of hydrogen-bond donors (Lipinski definition) is 2. The normalized spacial score (nSPS) is 44.8. The minimum absolute atomic E-state index is 0.0724. The van der Waals surface area contributed by atoms with E-state index in [1.165, 1.54) is 5.57 Å². The van der Waals surface area contributed by atoms with Crippen LogP contribution >= 0.6 is 0 Å². The molecule has 1 spiro atoms. The van der Waals surface area contributed by atoms with Crippen LogP contribution in [0.3, 0.4) is 0 Å². The molecule has 0 radical (unpaired) electrons. The lowest BCUT2D eigenvalue weighted by atomic mass is 9.50. The van der Waals surface area contributed by atoms with E-state index in [9.17, 15) is 19.8 Å². The fourth-order valence-corrected chi connectivity index (χ4v) is 8.25. The zero-order chi connectivity index (χ0) is 23.2. The van der Waals surface area contributed by atoms with Gasteiger partial charge in [-0.2, -0.15) is 0 Å². The molecule has 0 bridgehead atoms. The van der Waals surface area contributed by atoms with Crippen molar-refractivity contribution >= 4 is 11.6 Å². The Morgan fingerprint density at radius 3 is 2.53 bits per heavy atom. The van der Waals surface area contributed by atoms with Crippen molar-refractivity contribution < 1.29 is 19.8 Å². The Bertz CT molecular complexity index is 970. The molecule has 0 saturated heterocycles. The number of carbonyl (C=O) groups is 2.